The number of hydrogen-bond donors (Lipinski definition) is 1. The zero-order chi connectivity index (χ0) is 20.6. The first-order valence-electron chi connectivity index (χ1n) is 12.1. The highest BCUT2D eigenvalue weighted by Crippen LogP contribution is 2.36. The maximum atomic E-state index is 10.6. The number of piperidine rings is 1. The fraction of sp³-hybridized carbons (Fsp3) is 0.769. The lowest BCUT2D eigenvalue weighted by molar-refractivity contribution is -0.0768. The number of hydrogen-bond acceptors (Lipinski definition) is 3. The first kappa shape index (κ1) is 22.8. The van der Waals surface area contributed by atoms with E-state index < -0.39 is 0 Å². The molecule has 1 aromatic rings. The molecule has 3 nitrogen and oxygen atoms in total. The Bertz CT molecular complexity index is 569. The van der Waals surface area contributed by atoms with Crippen LogP contribution in [0.1, 0.15) is 64.9 Å². The quantitative estimate of drug-likeness (QED) is 0.620. The summed E-state index contributed by atoms with van der Waals surface area (Å²) >= 11 is 0. The van der Waals surface area contributed by atoms with Gasteiger partial charge in [-0.15, -0.1) is 0 Å². The summed E-state index contributed by atoms with van der Waals surface area (Å²) in [5, 5.41) is 10.6. The van der Waals surface area contributed by atoms with Crippen molar-refractivity contribution in [1.29, 1.82) is 0 Å². The third-order valence-electron chi connectivity index (χ3n) is 7.53. The Labute approximate surface area is 178 Å². The Morgan fingerprint density at radius 2 is 1.83 bits per heavy atom. The van der Waals surface area contributed by atoms with Crippen molar-refractivity contribution in [2.75, 3.05) is 26.2 Å². The zero-order valence-corrected chi connectivity index (χ0v) is 18.9. The van der Waals surface area contributed by atoms with E-state index in [2.05, 4.69) is 56.0 Å². The third kappa shape index (κ3) is 7.08. The molecule has 0 bridgehead atoms. The summed E-state index contributed by atoms with van der Waals surface area (Å²) in [6.45, 7) is 10.5. The highest BCUT2D eigenvalue weighted by Gasteiger charge is 2.33. The van der Waals surface area contributed by atoms with Crippen LogP contribution in [0.2, 0.25) is 0 Å². The number of rotatable bonds is 9. The Kier molecular flexibility index (Phi) is 9.02. The molecule has 0 amide bonds. The predicted molar refractivity (Wildman–Crippen MR) is 121 cm³/mol. The van der Waals surface area contributed by atoms with Gasteiger partial charge < -0.3 is 14.7 Å². The number of benzene rings is 1. The van der Waals surface area contributed by atoms with Crippen LogP contribution in [0.15, 0.2) is 30.3 Å². The fourth-order valence-electron chi connectivity index (χ4n) is 5.40. The van der Waals surface area contributed by atoms with Gasteiger partial charge in [0.2, 0.25) is 0 Å². The smallest absolute Gasteiger partial charge is 0.0900 e. The van der Waals surface area contributed by atoms with Gasteiger partial charge in [0.15, 0.2) is 0 Å². The van der Waals surface area contributed by atoms with E-state index in [0.29, 0.717) is 24.5 Å². The van der Waals surface area contributed by atoms with E-state index >= 15 is 0 Å². The van der Waals surface area contributed by atoms with E-state index in [1.165, 1.54) is 44.1 Å². The Morgan fingerprint density at radius 1 is 1.10 bits per heavy atom. The second kappa shape index (κ2) is 11.5. The molecule has 3 heteroatoms. The van der Waals surface area contributed by atoms with Crippen molar-refractivity contribution in [3.05, 3.63) is 35.9 Å². The lowest BCUT2D eigenvalue weighted by Crippen LogP contribution is -2.42. The number of nitrogens with zero attached hydrogens (tertiary/aromatic N) is 1. The van der Waals surface area contributed by atoms with E-state index in [9.17, 15) is 5.11 Å². The van der Waals surface area contributed by atoms with E-state index in [4.69, 9.17) is 4.74 Å². The third-order valence-corrected chi connectivity index (χ3v) is 7.53. The number of ether oxygens (including phenoxy) is 1. The summed E-state index contributed by atoms with van der Waals surface area (Å²) in [5.74, 6) is 2.91. The van der Waals surface area contributed by atoms with Crippen molar-refractivity contribution in [2.45, 2.75) is 77.9 Å². The summed E-state index contributed by atoms with van der Waals surface area (Å²) in [4.78, 5) is 2.44. The molecule has 3 rings (SSSR count). The molecular formula is C26H43NO2. The van der Waals surface area contributed by atoms with Gasteiger partial charge in [0.05, 0.1) is 18.8 Å². The second-order valence-corrected chi connectivity index (χ2v) is 9.93. The SMILES string of the molecule is CCC(C)C1CCC(C)CC1OCC(O)CN1CCC(Cc2ccccc2)CC1. The molecule has 5 unspecified atom stereocenters. The van der Waals surface area contributed by atoms with Crippen LogP contribution in [0.25, 0.3) is 0 Å². The molecule has 0 aromatic heterocycles. The topological polar surface area (TPSA) is 32.7 Å². The van der Waals surface area contributed by atoms with Gasteiger partial charge in [-0.2, -0.15) is 0 Å². The normalized spacial score (nSPS) is 28.9. The fourth-order valence-corrected chi connectivity index (χ4v) is 5.40. The van der Waals surface area contributed by atoms with Crippen molar-refractivity contribution in [2.24, 2.45) is 23.7 Å². The van der Waals surface area contributed by atoms with Crippen LogP contribution in [0.3, 0.4) is 0 Å². The van der Waals surface area contributed by atoms with Crippen LogP contribution < -0.4 is 0 Å². The van der Waals surface area contributed by atoms with Crippen LogP contribution in [-0.4, -0.2) is 48.5 Å². The van der Waals surface area contributed by atoms with Gasteiger partial charge in [-0.05, 0) is 74.4 Å². The molecule has 2 fully saturated rings. The number of aliphatic hydroxyl groups is 1. The van der Waals surface area contributed by atoms with Gasteiger partial charge in [-0.1, -0.05) is 63.9 Å². The van der Waals surface area contributed by atoms with Crippen molar-refractivity contribution >= 4 is 0 Å². The molecule has 2 aliphatic rings. The average Bonchev–Trinajstić information content (AvgIpc) is 2.74. The molecule has 1 aliphatic heterocycles. The summed E-state index contributed by atoms with van der Waals surface area (Å²) in [5.41, 5.74) is 1.46. The van der Waals surface area contributed by atoms with Gasteiger partial charge in [0.1, 0.15) is 0 Å². The number of likely N-dealkylation sites (tertiary alicyclic amines) is 1. The van der Waals surface area contributed by atoms with Gasteiger partial charge >= 0.3 is 0 Å². The number of β-amino-alcohol motifs (C(OH)–C–C–N with tert-alkyl or cyclic N) is 1. The van der Waals surface area contributed by atoms with Crippen LogP contribution in [0.4, 0.5) is 0 Å². The molecule has 0 radical (unpaired) electrons. The van der Waals surface area contributed by atoms with E-state index in [1.807, 2.05) is 0 Å². The van der Waals surface area contributed by atoms with Gasteiger partial charge in [0.25, 0.3) is 0 Å². The Balaban J connectivity index is 1.37. The molecule has 1 saturated heterocycles. The molecule has 1 heterocycles. The monoisotopic (exact) mass is 401 g/mol. The van der Waals surface area contributed by atoms with E-state index in [-0.39, 0.29) is 6.10 Å². The maximum absolute atomic E-state index is 10.6. The molecule has 5 atom stereocenters. The predicted octanol–water partition coefficient (Wildman–Crippen LogP) is 5.17. The van der Waals surface area contributed by atoms with Gasteiger partial charge in [0, 0.05) is 6.54 Å². The van der Waals surface area contributed by atoms with E-state index in [1.54, 1.807) is 0 Å². The van der Waals surface area contributed by atoms with Crippen LogP contribution in [0.5, 0.6) is 0 Å². The van der Waals surface area contributed by atoms with Gasteiger partial charge in [-0.3, -0.25) is 0 Å². The minimum atomic E-state index is -0.365. The van der Waals surface area contributed by atoms with Crippen molar-refractivity contribution in [3.63, 3.8) is 0 Å². The summed E-state index contributed by atoms with van der Waals surface area (Å²) in [6.07, 6.45) is 8.62. The molecule has 0 spiro atoms. The first-order chi connectivity index (χ1) is 14.0. The Morgan fingerprint density at radius 3 is 2.52 bits per heavy atom. The van der Waals surface area contributed by atoms with Crippen LogP contribution in [-0.2, 0) is 11.2 Å². The molecule has 1 aromatic carbocycles. The van der Waals surface area contributed by atoms with Crippen molar-refractivity contribution in [1.82, 2.24) is 4.90 Å². The van der Waals surface area contributed by atoms with Crippen LogP contribution in [0, 0.1) is 23.7 Å². The van der Waals surface area contributed by atoms with Crippen LogP contribution >= 0.6 is 0 Å². The maximum Gasteiger partial charge on any atom is 0.0900 e. The standard InChI is InChI=1S/C26H43NO2/c1-4-21(3)25-11-10-20(2)16-26(25)29-19-24(28)18-27-14-12-23(13-15-27)17-22-8-6-5-7-9-22/h5-9,20-21,23-26,28H,4,10-19H2,1-3H3. The lowest BCUT2D eigenvalue weighted by atomic mass is 9.74. The largest absolute Gasteiger partial charge is 0.389 e. The molecule has 1 N–H and O–H groups in total. The molecule has 164 valence electrons. The van der Waals surface area contributed by atoms with Crippen molar-refractivity contribution in [3.8, 4) is 0 Å². The minimum Gasteiger partial charge on any atom is -0.389 e. The summed E-state index contributed by atoms with van der Waals surface area (Å²) < 4.78 is 6.32. The minimum absolute atomic E-state index is 0.333. The zero-order valence-electron chi connectivity index (χ0n) is 18.9. The lowest BCUT2D eigenvalue weighted by Gasteiger charge is -2.39. The highest BCUT2D eigenvalue weighted by atomic mass is 16.5. The Hall–Kier alpha value is -0.900. The molecule has 29 heavy (non-hydrogen) atoms. The van der Waals surface area contributed by atoms with Crippen molar-refractivity contribution < 1.29 is 9.84 Å². The van der Waals surface area contributed by atoms with E-state index in [0.717, 1.165) is 37.9 Å². The first-order valence-corrected chi connectivity index (χ1v) is 12.1. The molecule has 1 saturated carbocycles. The molecule has 1 aliphatic carbocycles. The summed E-state index contributed by atoms with van der Waals surface area (Å²) in [7, 11) is 0. The van der Waals surface area contributed by atoms with Gasteiger partial charge in [-0.25, -0.2) is 0 Å². The second-order valence-electron chi connectivity index (χ2n) is 9.93. The highest BCUT2D eigenvalue weighted by molar-refractivity contribution is 5.15. The number of aliphatic hydroxyl groups excluding tert-OH is 1. The molecular weight excluding hydrogens is 358 g/mol. The summed E-state index contributed by atoms with van der Waals surface area (Å²) in [6, 6.07) is 10.9. The average molecular weight is 402 g/mol.